The van der Waals surface area contributed by atoms with Crippen LogP contribution in [0.5, 0.6) is 0 Å². The van der Waals surface area contributed by atoms with Crippen molar-refractivity contribution in [1.29, 1.82) is 0 Å². The van der Waals surface area contributed by atoms with Crippen LogP contribution in [-0.4, -0.2) is 52.6 Å². The summed E-state index contributed by atoms with van der Waals surface area (Å²) in [7, 11) is 0. The van der Waals surface area contributed by atoms with E-state index in [0.29, 0.717) is 12.1 Å². The largest absolute Gasteiger partial charge is 0.340 e. The van der Waals surface area contributed by atoms with Gasteiger partial charge in [0, 0.05) is 53.5 Å². The van der Waals surface area contributed by atoms with Crippen molar-refractivity contribution in [3.05, 3.63) is 84.4 Å². The predicted octanol–water partition coefficient (Wildman–Crippen LogP) is 6.21. The first-order valence-corrected chi connectivity index (χ1v) is 12.7. The first-order chi connectivity index (χ1) is 16.2. The lowest BCUT2D eigenvalue weighted by atomic mass is 10.1. The Bertz CT molecular complexity index is 1110. The van der Waals surface area contributed by atoms with Crippen LogP contribution in [0.2, 0.25) is 0 Å². The van der Waals surface area contributed by atoms with Gasteiger partial charge >= 0.3 is 0 Å². The monoisotopic (exact) mass is 439 g/mol. The molecule has 1 aromatic heterocycles. The molecule has 2 unspecified atom stereocenters. The molecule has 1 fully saturated rings. The van der Waals surface area contributed by atoms with Gasteiger partial charge < -0.3 is 9.47 Å². The molecule has 4 aromatic rings. The van der Waals surface area contributed by atoms with E-state index in [4.69, 9.17) is 0 Å². The minimum atomic E-state index is 0.623. The van der Waals surface area contributed by atoms with E-state index in [0.717, 1.165) is 6.54 Å². The van der Waals surface area contributed by atoms with Gasteiger partial charge in [-0.3, -0.25) is 4.90 Å². The van der Waals surface area contributed by atoms with E-state index in [1.165, 1.54) is 72.8 Å². The van der Waals surface area contributed by atoms with Crippen molar-refractivity contribution in [3.63, 3.8) is 0 Å². The van der Waals surface area contributed by atoms with E-state index >= 15 is 0 Å². The molecule has 0 saturated carbocycles. The number of fused-ring (bicyclic) bond motifs is 3. The molecular formula is C30H37N3. The van der Waals surface area contributed by atoms with Crippen LogP contribution in [0, 0.1) is 0 Å². The second-order valence-electron chi connectivity index (χ2n) is 9.82. The highest BCUT2D eigenvalue weighted by Gasteiger charge is 2.28. The third-order valence-electron chi connectivity index (χ3n) is 7.44. The summed E-state index contributed by atoms with van der Waals surface area (Å²) in [6, 6.07) is 29.9. The Morgan fingerprint density at radius 2 is 1.21 bits per heavy atom. The molecule has 2 heterocycles. The minimum Gasteiger partial charge on any atom is -0.340 e. The Labute approximate surface area is 198 Å². The van der Waals surface area contributed by atoms with Crippen LogP contribution in [0.15, 0.2) is 78.9 Å². The Kier molecular flexibility index (Phi) is 6.80. The van der Waals surface area contributed by atoms with E-state index in [2.05, 4.69) is 107 Å². The van der Waals surface area contributed by atoms with Crippen molar-refractivity contribution in [2.75, 3.05) is 26.2 Å². The first kappa shape index (κ1) is 22.2. The molecule has 5 rings (SSSR count). The zero-order chi connectivity index (χ0) is 22.6. The summed E-state index contributed by atoms with van der Waals surface area (Å²) in [4.78, 5) is 5.42. The molecule has 0 aliphatic carbocycles. The fraction of sp³-hybridized carbons (Fsp3) is 0.400. The molecule has 0 spiro atoms. The molecule has 0 bridgehead atoms. The molecule has 33 heavy (non-hydrogen) atoms. The average molecular weight is 440 g/mol. The second-order valence-corrected chi connectivity index (χ2v) is 9.82. The van der Waals surface area contributed by atoms with Crippen LogP contribution in [0.25, 0.3) is 21.8 Å². The number of piperazine rings is 1. The van der Waals surface area contributed by atoms with Gasteiger partial charge in [0.2, 0.25) is 0 Å². The lowest BCUT2D eigenvalue weighted by Crippen LogP contribution is -2.56. The number of benzene rings is 3. The summed E-state index contributed by atoms with van der Waals surface area (Å²) in [5.74, 6) is 0. The molecule has 0 N–H and O–H groups in total. The van der Waals surface area contributed by atoms with Crippen LogP contribution in [0.3, 0.4) is 0 Å². The van der Waals surface area contributed by atoms with Crippen LogP contribution in [0.4, 0.5) is 0 Å². The third-order valence-corrected chi connectivity index (χ3v) is 7.44. The Hall–Kier alpha value is -2.62. The van der Waals surface area contributed by atoms with Gasteiger partial charge in [-0.15, -0.1) is 0 Å². The van der Waals surface area contributed by atoms with Crippen LogP contribution >= 0.6 is 0 Å². The van der Waals surface area contributed by atoms with Crippen molar-refractivity contribution < 1.29 is 0 Å². The fourth-order valence-electron chi connectivity index (χ4n) is 5.90. The Balaban J connectivity index is 1.16. The molecule has 3 nitrogen and oxygen atoms in total. The quantitative estimate of drug-likeness (QED) is 0.323. The van der Waals surface area contributed by atoms with Crippen molar-refractivity contribution >= 4 is 21.8 Å². The van der Waals surface area contributed by atoms with Crippen molar-refractivity contribution in [1.82, 2.24) is 14.4 Å². The highest BCUT2D eigenvalue weighted by Crippen LogP contribution is 2.29. The molecule has 3 heteroatoms. The number of aromatic nitrogens is 1. The lowest BCUT2D eigenvalue weighted by Gasteiger charge is -2.44. The molecular weight excluding hydrogens is 402 g/mol. The molecule has 1 saturated heterocycles. The van der Waals surface area contributed by atoms with E-state index < -0.39 is 0 Å². The van der Waals surface area contributed by atoms with Gasteiger partial charge in [-0.1, -0.05) is 66.7 Å². The summed E-state index contributed by atoms with van der Waals surface area (Å²) in [5, 5.41) is 2.75. The molecule has 1 aliphatic rings. The van der Waals surface area contributed by atoms with E-state index in [1.807, 2.05) is 0 Å². The molecule has 1 aliphatic heterocycles. The first-order valence-electron chi connectivity index (χ1n) is 12.7. The normalized spacial score (nSPS) is 20.1. The van der Waals surface area contributed by atoms with E-state index in [-0.39, 0.29) is 0 Å². The zero-order valence-corrected chi connectivity index (χ0v) is 20.2. The van der Waals surface area contributed by atoms with Gasteiger partial charge in [-0.2, -0.15) is 0 Å². The van der Waals surface area contributed by atoms with Gasteiger partial charge in [0.15, 0.2) is 0 Å². The van der Waals surface area contributed by atoms with Crippen LogP contribution in [-0.2, 0) is 13.0 Å². The number of para-hydroxylation sites is 2. The number of aryl methyl sites for hydroxylation is 2. The molecule has 2 atom stereocenters. The van der Waals surface area contributed by atoms with Crippen molar-refractivity contribution in [2.24, 2.45) is 0 Å². The summed E-state index contributed by atoms with van der Waals surface area (Å²) in [6.07, 6.45) is 3.61. The maximum Gasteiger partial charge on any atom is 0.0491 e. The number of nitrogens with zero attached hydrogens (tertiary/aromatic N) is 3. The summed E-state index contributed by atoms with van der Waals surface area (Å²) in [6.45, 7) is 10.6. The van der Waals surface area contributed by atoms with E-state index in [1.54, 1.807) is 0 Å². The fourth-order valence-corrected chi connectivity index (χ4v) is 5.90. The standard InChI is InChI=1S/C30H37N3/c1-24-22-31(23-25(2)32(24)20-10-14-26-12-4-3-5-13-26)19-11-21-33-29-17-8-6-15-27(29)28-16-7-9-18-30(28)33/h3-9,12-13,15-18,24-25H,10-11,14,19-23H2,1-2H3. The Morgan fingerprint density at radius 1 is 0.636 bits per heavy atom. The number of hydrogen-bond donors (Lipinski definition) is 0. The summed E-state index contributed by atoms with van der Waals surface area (Å²) in [5.41, 5.74) is 4.19. The molecule has 0 amide bonds. The smallest absolute Gasteiger partial charge is 0.0491 e. The number of hydrogen-bond acceptors (Lipinski definition) is 2. The van der Waals surface area contributed by atoms with E-state index in [9.17, 15) is 0 Å². The maximum atomic E-state index is 2.73. The second kappa shape index (κ2) is 10.1. The maximum absolute atomic E-state index is 2.73. The highest BCUT2D eigenvalue weighted by molar-refractivity contribution is 6.07. The SMILES string of the molecule is CC1CN(CCCn2c3ccccc3c3ccccc32)CC(C)N1CCCc1ccccc1. The van der Waals surface area contributed by atoms with Gasteiger partial charge in [0.25, 0.3) is 0 Å². The Morgan fingerprint density at radius 3 is 1.85 bits per heavy atom. The van der Waals surface area contributed by atoms with Crippen molar-refractivity contribution in [2.45, 2.75) is 51.7 Å². The van der Waals surface area contributed by atoms with Gasteiger partial charge in [-0.05, 0) is 63.9 Å². The minimum absolute atomic E-state index is 0.623. The zero-order valence-electron chi connectivity index (χ0n) is 20.2. The molecule has 172 valence electrons. The summed E-state index contributed by atoms with van der Waals surface area (Å²) >= 11 is 0. The van der Waals surface area contributed by atoms with Gasteiger partial charge in [0.05, 0.1) is 0 Å². The van der Waals surface area contributed by atoms with Crippen LogP contribution < -0.4 is 0 Å². The van der Waals surface area contributed by atoms with Crippen LogP contribution in [0.1, 0.15) is 32.3 Å². The average Bonchev–Trinajstić information content (AvgIpc) is 3.15. The van der Waals surface area contributed by atoms with Crippen molar-refractivity contribution in [3.8, 4) is 0 Å². The highest BCUT2D eigenvalue weighted by atomic mass is 15.3. The van der Waals surface area contributed by atoms with Gasteiger partial charge in [-0.25, -0.2) is 0 Å². The molecule has 3 aromatic carbocycles. The number of rotatable bonds is 8. The van der Waals surface area contributed by atoms with Gasteiger partial charge in [0.1, 0.15) is 0 Å². The third kappa shape index (κ3) is 4.85. The lowest BCUT2D eigenvalue weighted by molar-refractivity contribution is 0.0373. The molecule has 0 radical (unpaired) electrons. The summed E-state index contributed by atoms with van der Waals surface area (Å²) < 4.78 is 2.53. The topological polar surface area (TPSA) is 11.4 Å². The predicted molar refractivity (Wildman–Crippen MR) is 141 cm³/mol.